The van der Waals surface area contributed by atoms with Crippen LogP contribution in [0.15, 0.2) is 24.0 Å². The van der Waals surface area contributed by atoms with Crippen LogP contribution >= 0.6 is 11.6 Å². The van der Waals surface area contributed by atoms with E-state index in [1.165, 1.54) is 0 Å². The van der Waals surface area contributed by atoms with Crippen LogP contribution in [0.25, 0.3) is 5.57 Å². The van der Waals surface area contributed by atoms with E-state index in [2.05, 4.69) is 27.7 Å². The zero-order valence-electron chi connectivity index (χ0n) is 16.5. The van der Waals surface area contributed by atoms with Crippen molar-refractivity contribution in [3.8, 4) is 0 Å². The lowest BCUT2D eigenvalue weighted by atomic mass is 9.80. The number of ether oxygens (including phenoxy) is 2. The SMILES string of the molecule is CC(C)(C)C.Cc1ccc(Cl)cc1C1=C(OC=O)[C@@H]2C3CCC(O3)[C@@H]2C1=O. The molecule has 2 saturated heterocycles. The van der Waals surface area contributed by atoms with Crippen molar-refractivity contribution in [3.63, 3.8) is 0 Å². The summed E-state index contributed by atoms with van der Waals surface area (Å²) in [6.07, 6.45) is 1.73. The first-order chi connectivity index (χ1) is 12.6. The van der Waals surface area contributed by atoms with Gasteiger partial charge in [0.15, 0.2) is 5.78 Å². The molecule has 27 heavy (non-hydrogen) atoms. The van der Waals surface area contributed by atoms with Gasteiger partial charge in [0.2, 0.25) is 0 Å². The predicted molar refractivity (Wildman–Crippen MR) is 105 cm³/mol. The van der Waals surface area contributed by atoms with Crippen molar-refractivity contribution in [3.05, 3.63) is 40.1 Å². The molecule has 1 aromatic rings. The van der Waals surface area contributed by atoms with E-state index in [1.54, 1.807) is 12.1 Å². The second-order valence-corrected chi connectivity index (χ2v) is 9.56. The number of hydrogen-bond acceptors (Lipinski definition) is 4. The first-order valence-corrected chi connectivity index (χ1v) is 9.80. The number of rotatable bonds is 3. The zero-order valence-corrected chi connectivity index (χ0v) is 17.3. The summed E-state index contributed by atoms with van der Waals surface area (Å²) in [4.78, 5) is 23.9. The van der Waals surface area contributed by atoms with Gasteiger partial charge in [0, 0.05) is 5.02 Å². The molecule has 4 rings (SSSR count). The largest absolute Gasteiger partial charge is 0.432 e. The Balaban J connectivity index is 0.000000376. The number of allylic oxidation sites excluding steroid dienone is 1. The molecule has 2 unspecified atom stereocenters. The summed E-state index contributed by atoms with van der Waals surface area (Å²) < 4.78 is 11.1. The maximum atomic E-state index is 12.9. The maximum absolute atomic E-state index is 12.9. The summed E-state index contributed by atoms with van der Waals surface area (Å²) in [6, 6.07) is 5.42. The Kier molecular flexibility index (Phi) is 5.51. The highest BCUT2D eigenvalue weighted by Gasteiger charge is 2.59. The normalized spacial score (nSPS) is 28.7. The van der Waals surface area contributed by atoms with E-state index in [0.29, 0.717) is 28.2 Å². The molecule has 146 valence electrons. The number of fused-ring (bicyclic) bond motifs is 5. The second kappa shape index (κ2) is 7.40. The molecule has 4 nitrogen and oxygen atoms in total. The number of aryl methyl sites for hydroxylation is 1. The van der Waals surface area contributed by atoms with Gasteiger partial charge in [-0.15, -0.1) is 0 Å². The Morgan fingerprint density at radius 1 is 1.15 bits per heavy atom. The van der Waals surface area contributed by atoms with Crippen LogP contribution in [0.4, 0.5) is 0 Å². The fourth-order valence-corrected chi connectivity index (χ4v) is 4.29. The van der Waals surface area contributed by atoms with Gasteiger partial charge in [-0.05, 0) is 48.4 Å². The summed E-state index contributed by atoms with van der Waals surface area (Å²) in [5, 5.41) is 0.558. The molecule has 5 heteroatoms. The summed E-state index contributed by atoms with van der Waals surface area (Å²) in [6.45, 7) is 11.1. The lowest BCUT2D eigenvalue weighted by molar-refractivity contribution is -0.126. The molecule has 0 aromatic heterocycles. The summed E-state index contributed by atoms with van der Waals surface area (Å²) in [7, 11) is 0. The summed E-state index contributed by atoms with van der Waals surface area (Å²) in [5.74, 6) is 0.119. The monoisotopic (exact) mass is 390 g/mol. The van der Waals surface area contributed by atoms with Crippen molar-refractivity contribution >= 4 is 29.4 Å². The van der Waals surface area contributed by atoms with E-state index in [9.17, 15) is 9.59 Å². The molecule has 2 bridgehead atoms. The van der Waals surface area contributed by atoms with Crippen LogP contribution in [0.3, 0.4) is 0 Å². The first kappa shape index (κ1) is 20.1. The molecule has 0 saturated carbocycles. The van der Waals surface area contributed by atoms with E-state index in [4.69, 9.17) is 21.1 Å². The first-order valence-electron chi connectivity index (χ1n) is 9.42. The molecule has 1 aliphatic carbocycles. The molecule has 0 spiro atoms. The minimum atomic E-state index is -0.220. The fraction of sp³-hybridized carbons (Fsp3) is 0.545. The third-order valence-electron chi connectivity index (χ3n) is 5.02. The number of ketones is 1. The highest BCUT2D eigenvalue weighted by atomic mass is 35.5. The third kappa shape index (κ3) is 3.97. The Morgan fingerprint density at radius 2 is 1.74 bits per heavy atom. The minimum Gasteiger partial charge on any atom is -0.432 e. The van der Waals surface area contributed by atoms with E-state index < -0.39 is 0 Å². The van der Waals surface area contributed by atoms with Crippen LogP contribution in [0.5, 0.6) is 0 Å². The van der Waals surface area contributed by atoms with Gasteiger partial charge in [0.25, 0.3) is 6.47 Å². The van der Waals surface area contributed by atoms with E-state index in [0.717, 1.165) is 24.0 Å². The van der Waals surface area contributed by atoms with E-state index in [-0.39, 0.29) is 29.8 Å². The van der Waals surface area contributed by atoms with Crippen molar-refractivity contribution < 1.29 is 19.1 Å². The van der Waals surface area contributed by atoms with Crippen LogP contribution in [-0.2, 0) is 19.1 Å². The average Bonchev–Trinajstić information content (AvgIpc) is 3.23. The van der Waals surface area contributed by atoms with Crippen LogP contribution in [0, 0.1) is 24.2 Å². The summed E-state index contributed by atoms with van der Waals surface area (Å²) >= 11 is 6.09. The maximum Gasteiger partial charge on any atom is 0.298 e. The molecule has 4 atom stereocenters. The van der Waals surface area contributed by atoms with Gasteiger partial charge in [-0.3, -0.25) is 9.59 Å². The molecule has 0 amide bonds. The smallest absolute Gasteiger partial charge is 0.298 e. The van der Waals surface area contributed by atoms with Gasteiger partial charge >= 0.3 is 0 Å². The topological polar surface area (TPSA) is 52.6 Å². The number of carbonyl (C=O) groups excluding carboxylic acids is 2. The molecule has 2 heterocycles. The van der Waals surface area contributed by atoms with Gasteiger partial charge in [-0.1, -0.05) is 45.4 Å². The standard InChI is InChI=1S/C17H15ClO4.C5H12/c1-8-2-3-9(18)6-10(8)13-16(20)14-11-4-5-12(22-11)15(14)17(13)21-7-19;1-5(2,3)4/h2-3,6-7,11-12,14-15H,4-5H2,1H3;1-4H3/t11?,12?,14-,15+;/m0./s1. The minimum absolute atomic E-state index is 0.0133. The van der Waals surface area contributed by atoms with Crippen LogP contribution in [-0.4, -0.2) is 24.5 Å². The number of Topliss-reactive ketones (excluding diaryl/α,β-unsaturated/α-hetero) is 1. The molecule has 3 aliphatic rings. The third-order valence-corrected chi connectivity index (χ3v) is 5.25. The highest BCUT2D eigenvalue weighted by Crippen LogP contribution is 2.54. The van der Waals surface area contributed by atoms with Gasteiger partial charge in [0.1, 0.15) is 5.76 Å². The fourth-order valence-electron chi connectivity index (χ4n) is 4.12. The van der Waals surface area contributed by atoms with Crippen LogP contribution in [0.1, 0.15) is 51.7 Å². The Morgan fingerprint density at radius 3 is 2.33 bits per heavy atom. The van der Waals surface area contributed by atoms with Crippen LogP contribution < -0.4 is 0 Å². The molecule has 0 N–H and O–H groups in total. The van der Waals surface area contributed by atoms with Crippen molar-refractivity contribution in [2.75, 3.05) is 0 Å². The molecular weight excluding hydrogens is 364 g/mol. The average molecular weight is 391 g/mol. The number of hydrogen-bond donors (Lipinski definition) is 0. The van der Waals surface area contributed by atoms with Crippen molar-refractivity contribution in [1.82, 2.24) is 0 Å². The van der Waals surface area contributed by atoms with Gasteiger partial charge in [-0.2, -0.15) is 0 Å². The Bertz CT molecular complexity index is 784. The number of halogens is 1. The predicted octanol–water partition coefficient (Wildman–Crippen LogP) is 4.96. The van der Waals surface area contributed by atoms with Gasteiger partial charge < -0.3 is 9.47 Å². The Labute approximate surface area is 165 Å². The summed E-state index contributed by atoms with van der Waals surface area (Å²) in [5.41, 5.74) is 2.69. The van der Waals surface area contributed by atoms with Crippen molar-refractivity contribution in [2.45, 2.75) is 59.7 Å². The number of benzene rings is 1. The van der Waals surface area contributed by atoms with Gasteiger partial charge in [-0.25, -0.2) is 0 Å². The number of carbonyl (C=O) groups is 2. The second-order valence-electron chi connectivity index (χ2n) is 9.12. The molecule has 2 aliphatic heterocycles. The lowest BCUT2D eigenvalue weighted by Crippen LogP contribution is -2.29. The molecular formula is C22H27ClO4. The van der Waals surface area contributed by atoms with Crippen molar-refractivity contribution in [1.29, 1.82) is 0 Å². The molecule has 1 aromatic carbocycles. The van der Waals surface area contributed by atoms with E-state index in [1.807, 2.05) is 13.0 Å². The van der Waals surface area contributed by atoms with Gasteiger partial charge in [0.05, 0.1) is 29.6 Å². The van der Waals surface area contributed by atoms with Crippen molar-refractivity contribution in [2.24, 2.45) is 17.3 Å². The van der Waals surface area contributed by atoms with Crippen LogP contribution in [0.2, 0.25) is 5.02 Å². The highest BCUT2D eigenvalue weighted by molar-refractivity contribution is 6.31. The molecule has 0 radical (unpaired) electrons. The lowest BCUT2D eigenvalue weighted by Gasteiger charge is -2.20. The van der Waals surface area contributed by atoms with E-state index >= 15 is 0 Å². The zero-order chi connectivity index (χ0) is 19.9. The molecule has 2 fully saturated rings. The Hall–Kier alpha value is -1.65. The quantitative estimate of drug-likeness (QED) is 0.684.